The number of rotatable bonds is 6. The molecule has 0 heterocycles. The van der Waals surface area contributed by atoms with Gasteiger partial charge in [-0.25, -0.2) is 4.99 Å². The van der Waals surface area contributed by atoms with Gasteiger partial charge in [0.15, 0.2) is 5.96 Å². The van der Waals surface area contributed by atoms with Crippen molar-refractivity contribution in [2.45, 2.75) is 33.7 Å². The summed E-state index contributed by atoms with van der Waals surface area (Å²) in [5, 5.41) is 5.98. The zero-order chi connectivity index (χ0) is 18.2. The van der Waals surface area contributed by atoms with E-state index in [2.05, 4.69) is 15.6 Å². The predicted molar refractivity (Wildman–Crippen MR) is 105 cm³/mol. The summed E-state index contributed by atoms with van der Waals surface area (Å²) >= 11 is 0. The number of anilines is 2. The minimum absolute atomic E-state index is 0.0243. The molecule has 0 bridgehead atoms. The minimum atomic E-state index is 0.0243. The summed E-state index contributed by atoms with van der Waals surface area (Å²) in [4.78, 5) is 16.2. The van der Waals surface area contributed by atoms with Crippen molar-refractivity contribution in [2.24, 2.45) is 16.6 Å². The summed E-state index contributed by atoms with van der Waals surface area (Å²) in [6.07, 6.45) is 0.510. The van der Waals surface area contributed by atoms with Crippen molar-refractivity contribution in [3.63, 3.8) is 0 Å². The Kier molecular flexibility index (Phi) is 6.57. The molecular weight excluding hydrogens is 312 g/mol. The van der Waals surface area contributed by atoms with Crippen LogP contribution in [-0.2, 0) is 11.3 Å². The Balaban J connectivity index is 1.94. The van der Waals surface area contributed by atoms with Crippen molar-refractivity contribution in [1.29, 1.82) is 0 Å². The van der Waals surface area contributed by atoms with Crippen LogP contribution in [0.25, 0.3) is 0 Å². The minimum Gasteiger partial charge on any atom is -0.370 e. The maximum atomic E-state index is 11.9. The lowest BCUT2D eigenvalue weighted by atomic mass is 10.1. The first-order chi connectivity index (χ1) is 11.9. The normalized spacial score (nSPS) is 11.4. The second kappa shape index (κ2) is 8.87. The van der Waals surface area contributed by atoms with Crippen molar-refractivity contribution in [2.75, 3.05) is 10.6 Å². The maximum Gasteiger partial charge on any atom is 0.224 e. The Bertz CT molecular complexity index is 736. The number of nitrogens with two attached hydrogens (primary N) is 1. The molecule has 2 aromatic rings. The number of aliphatic imine (C=N–C) groups is 1. The lowest BCUT2D eigenvalue weighted by Crippen LogP contribution is -2.22. The first-order valence-electron chi connectivity index (χ1n) is 8.45. The van der Waals surface area contributed by atoms with Crippen molar-refractivity contribution in [3.8, 4) is 0 Å². The van der Waals surface area contributed by atoms with Crippen LogP contribution in [0.3, 0.4) is 0 Å². The van der Waals surface area contributed by atoms with Crippen LogP contribution in [-0.4, -0.2) is 11.9 Å². The average Bonchev–Trinajstić information content (AvgIpc) is 2.55. The highest BCUT2D eigenvalue weighted by molar-refractivity contribution is 5.92. The van der Waals surface area contributed by atoms with Crippen molar-refractivity contribution >= 4 is 23.2 Å². The number of nitrogens with zero attached hydrogens (tertiary/aromatic N) is 1. The highest BCUT2D eigenvalue weighted by atomic mass is 16.1. The zero-order valence-corrected chi connectivity index (χ0v) is 15.0. The van der Waals surface area contributed by atoms with Crippen LogP contribution in [0, 0.1) is 12.8 Å². The summed E-state index contributed by atoms with van der Waals surface area (Å²) in [7, 11) is 0. The second-order valence-electron chi connectivity index (χ2n) is 6.54. The predicted octanol–water partition coefficient (Wildman–Crippen LogP) is 3.91. The highest BCUT2D eigenvalue weighted by Crippen LogP contribution is 2.13. The fourth-order valence-corrected chi connectivity index (χ4v) is 2.33. The lowest BCUT2D eigenvalue weighted by Gasteiger charge is -2.09. The summed E-state index contributed by atoms with van der Waals surface area (Å²) in [5.74, 6) is 0.717. The monoisotopic (exact) mass is 338 g/mol. The van der Waals surface area contributed by atoms with Crippen LogP contribution in [0.5, 0.6) is 0 Å². The third kappa shape index (κ3) is 6.67. The van der Waals surface area contributed by atoms with Gasteiger partial charge < -0.3 is 16.4 Å². The molecule has 4 N–H and O–H groups in total. The molecule has 0 aliphatic carbocycles. The molecule has 1 amide bonds. The summed E-state index contributed by atoms with van der Waals surface area (Å²) < 4.78 is 0. The van der Waals surface area contributed by atoms with Crippen LogP contribution in [0.4, 0.5) is 11.4 Å². The molecular formula is C20H26N4O. The fraction of sp³-hybridized carbons (Fsp3) is 0.300. The molecule has 132 valence electrons. The standard InChI is InChI=1S/C20H26N4O/c1-14(2)11-19(25)23-18-6-4-5-16(12-18)13-22-20(21)24-17-9-7-15(3)8-10-17/h4-10,12,14H,11,13H2,1-3H3,(H,23,25)(H3,21,22,24). The number of carbonyl (C=O) groups excluding carboxylic acids is 1. The lowest BCUT2D eigenvalue weighted by molar-refractivity contribution is -0.116. The summed E-state index contributed by atoms with van der Waals surface area (Å²) in [6.45, 7) is 6.52. The number of nitrogens with one attached hydrogen (secondary N) is 2. The molecule has 0 aromatic heterocycles. The topological polar surface area (TPSA) is 79.5 Å². The molecule has 0 saturated heterocycles. The van der Waals surface area contributed by atoms with E-state index in [4.69, 9.17) is 5.73 Å². The summed E-state index contributed by atoms with van der Waals surface area (Å²) in [5.41, 5.74) is 9.79. The Morgan fingerprint density at radius 2 is 1.80 bits per heavy atom. The number of hydrogen-bond acceptors (Lipinski definition) is 2. The molecule has 0 unspecified atom stereocenters. The molecule has 2 aromatic carbocycles. The smallest absolute Gasteiger partial charge is 0.224 e. The number of guanidine groups is 1. The van der Waals surface area contributed by atoms with Gasteiger partial charge >= 0.3 is 0 Å². The quantitative estimate of drug-likeness (QED) is 0.552. The first kappa shape index (κ1) is 18.5. The summed E-state index contributed by atoms with van der Waals surface area (Å²) in [6, 6.07) is 15.6. The second-order valence-corrected chi connectivity index (χ2v) is 6.54. The van der Waals surface area contributed by atoms with Crippen LogP contribution < -0.4 is 16.4 Å². The van der Waals surface area contributed by atoms with Crippen LogP contribution >= 0.6 is 0 Å². The number of hydrogen-bond donors (Lipinski definition) is 3. The molecule has 5 heteroatoms. The van der Waals surface area contributed by atoms with Gasteiger partial charge in [0.05, 0.1) is 6.54 Å². The van der Waals surface area contributed by atoms with Crippen molar-refractivity contribution < 1.29 is 4.79 Å². The third-order valence-electron chi connectivity index (χ3n) is 3.56. The molecule has 0 saturated carbocycles. The van der Waals surface area contributed by atoms with Crippen LogP contribution in [0.2, 0.25) is 0 Å². The molecule has 0 fully saturated rings. The van der Waals surface area contributed by atoms with Gasteiger partial charge in [0.1, 0.15) is 0 Å². The van der Waals surface area contributed by atoms with E-state index < -0.39 is 0 Å². The van der Waals surface area contributed by atoms with E-state index >= 15 is 0 Å². The van der Waals surface area contributed by atoms with Gasteiger partial charge in [0, 0.05) is 17.8 Å². The molecule has 2 rings (SSSR count). The van der Waals surface area contributed by atoms with E-state index in [9.17, 15) is 4.79 Å². The average molecular weight is 338 g/mol. The van der Waals surface area contributed by atoms with Crippen molar-refractivity contribution in [3.05, 3.63) is 59.7 Å². The van der Waals surface area contributed by atoms with E-state index in [-0.39, 0.29) is 5.91 Å². The molecule has 25 heavy (non-hydrogen) atoms. The first-order valence-corrected chi connectivity index (χ1v) is 8.45. The largest absolute Gasteiger partial charge is 0.370 e. The number of amides is 1. The number of carbonyl (C=O) groups is 1. The van der Waals surface area contributed by atoms with Gasteiger partial charge in [-0.05, 0) is 42.7 Å². The fourth-order valence-electron chi connectivity index (χ4n) is 2.33. The van der Waals surface area contributed by atoms with Gasteiger partial charge in [-0.15, -0.1) is 0 Å². The molecule has 0 aliphatic rings. The van der Waals surface area contributed by atoms with Crippen molar-refractivity contribution in [1.82, 2.24) is 0 Å². The van der Waals surface area contributed by atoms with E-state index in [0.717, 1.165) is 16.9 Å². The number of benzene rings is 2. The third-order valence-corrected chi connectivity index (χ3v) is 3.56. The Hall–Kier alpha value is -2.82. The van der Waals surface area contributed by atoms with Gasteiger partial charge in [0.25, 0.3) is 0 Å². The molecule has 0 radical (unpaired) electrons. The van der Waals surface area contributed by atoms with E-state index in [1.165, 1.54) is 5.56 Å². The molecule has 0 atom stereocenters. The van der Waals surface area contributed by atoms with Gasteiger partial charge in [-0.2, -0.15) is 0 Å². The van der Waals surface area contributed by atoms with E-state index in [1.54, 1.807) is 0 Å². The number of aryl methyl sites for hydroxylation is 1. The highest BCUT2D eigenvalue weighted by Gasteiger charge is 2.05. The van der Waals surface area contributed by atoms with Gasteiger partial charge in [0.2, 0.25) is 5.91 Å². The van der Waals surface area contributed by atoms with Crippen LogP contribution in [0.1, 0.15) is 31.4 Å². The molecule has 0 aliphatic heterocycles. The van der Waals surface area contributed by atoms with Gasteiger partial charge in [-0.3, -0.25) is 4.79 Å². The molecule has 0 spiro atoms. The Labute approximate surface area is 149 Å². The SMILES string of the molecule is Cc1ccc(NC(N)=NCc2cccc(NC(=O)CC(C)C)c2)cc1. The molecule has 5 nitrogen and oxygen atoms in total. The maximum absolute atomic E-state index is 11.9. The Morgan fingerprint density at radius 1 is 1.08 bits per heavy atom. The zero-order valence-electron chi connectivity index (χ0n) is 15.0. The van der Waals surface area contributed by atoms with Crippen LogP contribution in [0.15, 0.2) is 53.5 Å². The van der Waals surface area contributed by atoms with E-state index in [1.807, 2.05) is 69.3 Å². The van der Waals surface area contributed by atoms with E-state index in [0.29, 0.717) is 24.8 Å². The van der Waals surface area contributed by atoms with Gasteiger partial charge in [-0.1, -0.05) is 43.7 Å². The Morgan fingerprint density at radius 3 is 2.48 bits per heavy atom.